The van der Waals surface area contributed by atoms with Crippen LogP contribution in [0.5, 0.6) is 5.75 Å². The summed E-state index contributed by atoms with van der Waals surface area (Å²) in [5, 5.41) is 33.5. The quantitative estimate of drug-likeness (QED) is 0.170. The Balaban J connectivity index is 1.55. The molecule has 1 amide bonds. The minimum absolute atomic E-state index is 0.0428. The lowest BCUT2D eigenvalue weighted by molar-refractivity contribution is -0.121. The molecule has 1 heterocycles. The zero-order valence-electron chi connectivity index (χ0n) is 16.8. The molecule has 0 radical (unpaired) electrons. The second kappa shape index (κ2) is 10.0. The van der Waals surface area contributed by atoms with E-state index in [1.165, 1.54) is 23.3 Å². The van der Waals surface area contributed by atoms with Crippen LogP contribution in [0.25, 0.3) is 11.0 Å². The molecular weight excluding hydrogens is 399 g/mol. The van der Waals surface area contributed by atoms with Gasteiger partial charge in [0.05, 0.1) is 17.9 Å². The Morgan fingerprint density at radius 3 is 2.58 bits per heavy atom. The van der Waals surface area contributed by atoms with Gasteiger partial charge in [0.2, 0.25) is 5.91 Å². The van der Waals surface area contributed by atoms with Crippen molar-refractivity contribution in [2.24, 2.45) is 11.6 Å². The third kappa shape index (κ3) is 6.01. The lowest BCUT2D eigenvalue weighted by atomic mass is 9.76. The maximum absolute atomic E-state index is 12.3. The number of allylic oxidation sites excluding steroid dienone is 1. The number of hydrogen-bond donors (Lipinski definition) is 6. The molecule has 0 saturated heterocycles. The van der Waals surface area contributed by atoms with Crippen molar-refractivity contribution in [1.29, 1.82) is 0 Å². The van der Waals surface area contributed by atoms with Crippen LogP contribution < -0.4 is 21.9 Å². The molecule has 162 valence electrons. The van der Waals surface area contributed by atoms with Crippen LogP contribution in [0.4, 0.5) is 5.69 Å². The van der Waals surface area contributed by atoms with Crippen LogP contribution in [-0.4, -0.2) is 34.1 Å². The molecule has 3 aromatic rings. The van der Waals surface area contributed by atoms with Crippen LogP contribution in [0.3, 0.4) is 0 Å². The van der Waals surface area contributed by atoms with Crippen LogP contribution in [-0.2, 0) is 11.2 Å². The maximum atomic E-state index is 12.3. The molecule has 0 saturated carbocycles. The number of carbonyl (C=O) groups excluding carboxylic acids is 1. The summed E-state index contributed by atoms with van der Waals surface area (Å²) in [4.78, 5) is 12.3. The number of hydrazine groups is 1. The van der Waals surface area contributed by atoms with E-state index >= 15 is 0 Å². The minimum atomic E-state index is -1.74. The molecule has 0 aliphatic heterocycles. The molecule has 0 bridgehead atoms. The number of nitrogens with zero attached hydrogens (tertiary/aromatic N) is 1. The lowest BCUT2D eigenvalue weighted by Crippen LogP contribution is -2.47. The topological polar surface area (TPSA) is 158 Å². The Hall–Kier alpha value is -3.47. The second-order valence-electron chi connectivity index (χ2n) is 7.18. The monoisotopic (exact) mass is 424 g/mol. The molecule has 31 heavy (non-hydrogen) atoms. The summed E-state index contributed by atoms with van der Waals surface area (Å²) in [6.45, 7) is 0. The van der Waals surface area contributed by atoms with Gasteiger partial charge in [-0.05, 0) is 48.7 Å². The van der Waals surface area contributed by atoms with Crippen LogP contribution in [0.2, 0.25) is 0 Å². The van der Waals surface area contributed by atoms with E-state index in [9.17, 15) is 19.9 Å². The van der Waals surface area contributed by atoms with Crippen molar-refractivity contribution in [2.75, 3.05) is 5.01 Å². The number of nitrogens with two attached hydrogens (primary N) is 2. The van der Waals surface area contributed by atoms with Gasteiger partial charge in [-0.1, -0.05) is 18.2 Å². The van der Waals surface area contributed by atoms with E-state index in [1.807, 2.05) is 24.3 Å². The first-order valence-electron chi connectivity index (χ1n) is 9.73. The van der Waals surface area contributed by atoms with E-state index < -0.39 is 13.1 Å². The number of carbonyl (C=O) groups is 1. The molecule has 10 heteroatoms. The molecule has 1 aromatic heterocycles. The van der Waals surface area contributed by atoms with Crippen molar-refractivity contribution < 1.29 is 24.4 Å². The van der Waals surface area contributed by atoms with Gasteiger partial charge in [0.1, 0.15) is 11.3 Å². The van der Waals surface area contributed by atoms with Crippen molar-refractivity contribution in [3.05, 3.63) is 72.3 Å². The smallest absolute Gasteiger partial charge is 0.475 e. The lowest BCUT2D eigenvalue weighted by Gasteiger charge is -2.18. The average Bonchev–Trinajstić information content (AvgIpc) is 3.15. The van der Waals surface area contributed by atoms with Gasteiger partial charge in [-0.15, -0.1) is 0 Å². The van der Waals surface area contributed by atoms with Crippen molar-refractivity contribution in [3.8, 4) is 5.75 Å². The van der Waals surface area contributed by atoms with Crippen molar-refractivity contribution in [2.45, 2.75) is 25.2 Å². The number of phenolic OH excluding ortho intramolecular Hbond substituents is 1. The van der Waals surface area contributed by atoms with Gasteiger partial charge >= 0.3 is 7.12 Å². The van der Waals surface area contributed by atoms with Gasteiger partial charge in [0.15, 0.2) is 0 Å². The van der Waals surface area contributed by atoms with Crippen LogP contribution in [0.15, 0.2) is 71.1 Å². The summed E-state index contributed by atoms with van der Waals surface area (Å²) >= 11 is 0. The number of amides is 1. The number of anilines is 1. The zero-order chi connectivity index (χ0) is 22.4. The number of aromatic hydroxyl groups is 1. The summed E-state index contributed by atoms with van der Waals surface area (Å²) in [7, 11) is -1.74. The number of benzene rings is 2. The normalized spacial score (nSPS) is 12.5. The molecule has 2 aromatic carbocycles. The molecule has 3 rings (SSSR count). The zero-order valence-corrected chi connectivity index (χ0v) is 16.8. The SMILES string of the molecule is N/C(=C\N(N)c1ccc(O)cc1)CCC(=O)N[C@@H](Cc1coc2ccccc12)B(O)O. The molecule has 0 unspecified atom stereocenters. The number of rotatable bonds is 9. The molecule has 0 aliphatic rings. The number of hydrogen-bond acceptors (Lipinski definition) is 8. The Labute approximate surface area is 179 Å². The highest BCUT2D eigenvalue weighted by molar-refractivity contribution is 6.43. The number of fused-ring (bicyclic) bond motifs is 1. The molecule has 0 fully saturated rings. The van der Waals surface area contributed by atoms with E-state index in [0.29, 0.717) is 17.0 Å². The van der Waals surface area contributed by atoms with Crippen LogP contribution in [0.1, 0.15) is 18.4 Å². The fraction of sp³-hybridized carbons (Fsp3) is 0.190. The summed E-state index contributed by atoms with van der Waals surface area (Å²) < 4.78 is 5.46. The predicted molar refractivity (Wildman–Crippen MR) is 118 cm³/mol. The fourth-order valence-corrected chi connectivity index (χ4v) is 3.14. The number of para-hydroxylation sites is 1. The van der Waals surface area contributed by atoms with E-state index in [0.717, 1.165) is 10.9 Å². The van der Waals surface area contributed by atoms with Gasteiger partial charge in [0.25, 0.3) is 0 Å². The van der Waals surface area contributed by atoms with E-state index in [1.54, 1.807) is 18.4 Å². The first kappa shape index (κ1) is 22.2. The molecule has 8 N–H and O–H groups in total. The van der Waals surface area contributed by atoms with E-state index in [2.05, 4.69) is 5.32 Å². The number of furan rings is 1. The number of nitrogens with one attached hydrogen (secondary N) is 1. The van der Waals surface area contributed by atoms with Crippen molar-refractivity contribution >= 4 is 29.7 Å². The molecule has 0 aliphatic carbocycles. The third-order valence-corrected chi connectivity index (χ3v) is 4.80. The molecular formula is C21H25BN4O5. The molecule has 0 spiro atoms. The standard InChI is InChI=1S/C21H25BN4O5/c23-15(12-26(24)16-6-8-17(27)9-7-16)5-10-21(28)25-20(22(29)30)11-14-13-31-19-4-2-1-3-18(14)19/h1-4,6-9,12-13,20,27,29-30H,5,10-11,23-24H2,(H,25,28)/b15-12-/t20-/m0/s1. The van der Waals surface area contributed by atoms with E-state index in [-0.39, 0.29) is 30.9 Å². The third-order valence-electron chi connectivity index (χ3n) is 4.80. The highest BCUT2D eigenvalue weighted by Crippen LogP contribution is 2.22. The highest BCUT2D eigenvalue weighted by atomic mass is 16.4. The Bertz CT molecular complexity index is 1050. The van der Waals surface area contributed by atoms with Crippen molar-refractivity contribution in [1.82, 2.24) is 5.32 Å². The van der Waals surface area contributed by atoms with Crippen LogP contribution in [0, 0.1) is 0 Å². The second-order valence-corrected chi connectivity index (χ2v) is 7.18. The first-order valence-corrected chi connectivity index (χ1v) is 9.73. The van der Waals surface area contributed by atoms with Crippen LogP contribution >= 0.6 is 0 Å². The summed E-state index contributed by atoms with van der Waals surface area (Å²) in [5.74, 6) is 4.75. The molecule has 9 nitrogen and oxygen atoms in total. The Kier molecular flexibility index (Phi) is 7.19. The van der Waals surface area contributed by atoms with Gasteiger partial charge in [-0.25, -0.2) is 5.84 Å². The van der Waals surface area contributed by atoms with Gasteiger partial charge in [-0.2, -0.15) is 0 Å². The summed E-state index contributed by atoms with van der Waals surface area (Å²) in [6.07, 6.45) is 3.49. The Morgan fingerprint density at radius 2 is 1.87 bits per heavy atom. The van der Waals surface area contributed by atoms with Gasteiger partial charge in [0, 0.05) is 23.7 Å². The fourth-order valence-electron chi connectivity index (χ4n) is 3.14. The minimum Gasteiger partial charge on any atom is -0.508 e. The largest absolute Gasteiger partial charge is 0.508 e. The highest BCUT2D eigenvalue weighted by Gasteiger charge is 2.26. The number of phenols is 1. The summed E-state index contributed by atoms with van der Waals surface area (Å²) in [6, 6.07) is 13.6. The first-order chi connectivity index (χ1) is 14.8. The van der Waals surface area contributed by atoms with Crippen molar-refractivity contribution in [3.63, 3.8) is 0 Å². The molecule has 1 atom stereocenters. The summed E-state index contributed by atoms with van der Waals surface area (Å²) in [5.41, 5.74) is 8.38. The van der Waals surface area contributed by atoms with Gasteiger partial charge in [-0.3, -0.25) is 9.80 Å². The Morgan fingerprint density at radius 1 is 1.16 bits per heavy atom. The van der Waals surface area contributed by atoms with Gasteiger partial charge < -0.3 is 30.6 Å². The average molecular weight is 424 g/mol. The predicted octanol–water partition coefficient (Wildman–Crippen LogP) is 1.14. The maximum Gasteiger partial charge on any atom is 0.475 e. The van der Waals surface area contributed by atoms with E-state index in [4.69, 9.17) is 16.0 Å².